The molecule has 2 heterocycles. The van der Waals surface area contributed by atoms with Crippen LogP contribution in [0.4, 0.5) is 9.18 Å². The van der Waals surface area contributed by atoms with Gasteiger partial charge in [-0.1, -0.05) is 45.0 Å². The highest BCUT2D eigenvalue weighted by Crippen LogP contribution is 2.30. The lowest BCUT2D eigenvalue weighted by atomic mass is 9.88. The SMILES string of the molecule is Cc1ncsc1-c1ccc([C@H](C)NC(=O)[C@@H]2C[C@H](F)CN2C(=O)[C@@H](OC(N)=O)C(C)(C)C)cc1. The van der Waals surface area contributed by atoms with Gasteiger partial charge in [-0.25, -0.2) is 14.2 Å². The number of nitrogens with zero attached hydrogens (tertiary/aromatic N) is 2. The number of hydrogen-bond acceptors (Lipinski definition) is 6. The van der Waals surface area contributed by atoms with Crippen molar-refractivity contribution in [2.75, 3.05) is 6.54 Å². The number of likely N-dealkylation sites (tertiary alicyclic amines) is 1. The zero-order valence-electron chi connectivity index (χ0n) is 20.0. The van der Waals surface area contributed by atoms with Crippen LogP contribution < -0.4 is 11.1 Å². The molecular formula is C24H31FN4O4S. The molecule has 3 rings (SSSR count). The smallest absolute Gasteiger partial charge is 0.405 e. The summed E-state index contributed by atoms with van der Waals surface area (Å²) in [6.45, 7) is 8.65. The monoisotopic (exact) mass is 490 g/mol. The van der Waals surface area contributed by atoms with Crippen LogP contribution >= 0.6 is 11.3 Å². The van der Waals surface area contributed by atoms with Gasteiger partial charge in [-0.15, -0.1) is 11.3 Å². The van der Waals surface area contributed by atoms with Crippen LogP contribution in [0.25, 0.3) is 10.4 Å². The molecule has 1 aromatic carbocycles. The van der Waals surface area contributed by atoms with Crippen molar-refractivity contribution in [2.24, 2.45) is 11.1 Å². The first-order valence-electron chi connectivity index (χ1n) is 11.1. The Labute approximate surface area is 202 Å². The van der Waals surface area contributed by atoms with Crippen molar-refractivity contribution in [3.8, 4) is 10.4 Å². The molecule has 10 heteroatoms. The van der Waals surface area contributed by atoms with E-state index in [2.05, 4.69) is 10.3 Å². The molecule has 34 heavy (non-hydrogen) atoms. The second kappa shape index (κ2) is 10.1. The highest BCUT2D eigenvalue weighted by Gasteiger charge is 2.46. The number of aromatic nitrogens is 1. The molecule has 1 aliphatic rings. The average molecular weight is 491 g/mol. The Morgan fingerprint density at radius 1 is 1.26 bits per heavy atom. The molecule has 0 saturated carbocycles. The third kappa shape index (κ3) is 5.72. The lowest BCUT2D eigenvalue weighted by molar-refractivity contribution is -0.150. The number of nitrogens with one attached hydrogen (secondary N) is 1. The highest BCUT2D eigenvalue weighted by molar-refractivity contribution is 7.13. The Morgan fingerprint density at radius 2 is 1.91 bits per heavy atom. The number of thiazole rings is 1. The number of ether oxygens (including phenoxy) is 1. The van der Waals surface area contributed by atoms with Crippen LogP contribution in [0, 0.1) is 12.3 Å². The molecular weight excluding hydrogens is 459 g/mol. The molecule has 1 aliphatic heterocycles. The van der Waals surface area contributed by atoms with E-state index in [1.165, 1.54) is 0 Å². The molecule has 4 atom stereocenters. The number of alkyl halides is 1. The molecule has 0 spiro atoms. The summed E-state index contributed by atoms with van der Waals surface area (Å²) >= 11 is 1.56. The van der Waals surface area contributed by atoms with E-state index >= 15 is 0 Å². The molecule has 0 unspecified atom stereocenters. The summed E-state index contributed by atoms with van der Waals surface area (Å²) in [7, 11) is 0. The number of aryl methyl sites for hydroxylation is 1. The van der Waals surface area contributed by atoms with E-state index in [9.17, 15) is 18.8 Å². The first-order chi connectivity index (χ1) is 15.9. The van der Waals surface area contributed by atoms with Gasteiger partial charge in [0.15, 0.2) is 6.10 Å². The Balaban J connectivity index is 1.72. The summed E-state index contributed by atoms with van der Waals surface area (Å²) in [5, 5.41) is 2.89. The first kappa shape index (κ1) is 25.6. The van der Waals surface area contributed by atoms with Crippen LogP contribution in [0.15, 0.2) is 29.8 Å². The zero-order chi connectivity index (χ0) is 25.2. The number of benzene rings is 1. The van der Waals surface area contributed by atoms with Crippen LogP contribution in [-0.2, 0) is 14.3 Å². The summed E-state index contributed by atoms with van der Waals surface area (Å²) in [4.78, 5) is 44.1. The van der Waals surface area contributed by atoms with E-state index in [1.807, 2.05) is 38.1 Å². The highest BCUT2D eigenvalue weighted by atomic mass is 32.1. The third-order valence-electron chi connectivity index (χ3n) is 5.86. The average Bonchev–Trinajstić information content (AvgIpc) is 3.36. The zero-order valence-corrected chi connectivity index (χ0v) is 20.8. The van der Waals surface area contributed by atoms with Gasteiger partial charge >= 0.3 is 6.09 Å². The van der Waals surface area contributed by atoms with Gasteiger partial charge < -0.3 is 20.7 Å². The van der Waals surface area contributed by atoms with E-state index in [1.54, 1.807) is 37.6 Å². The molecule has 1 aromatic heterocycles. The normalized spacial score (nSPS) is 20.0. The molecule has 0 aliphatic carbocycles. The van der Waals surface area contributed by atoms with Crippen molar-refractivity contribution >= 4 is 29.2 Å². The van der Waals surface area contributed by atoms with E-state index in [0.717, 1.165) is 26.6 Å². The summed E-state index contributed by atoms with van der Waals surface area (Å²) in [6, 6.07) is 6.41. The van der Waals surface area contributed by atoms with Gasteiger partial charge in [-0.2, -0.15) is 0 Å². The second-order valence-corrected chi connectivity index (χ2v) is 10.5. The molecule has 0 radical (unpaired) electrons. The summed E-state index contributed by atoms with van der Waals surface area (Å²) < 4.78 is 19.4. The number of halogens is 1. The number of carbonyl (C=O) groups excluding carboxylic acids is 3. The molecule has 1 saturated heterocycles. The Hall–Kier alpha value is -3.01. The van der Waals surface area contributed by atoms with Gasteiger partial charge in [0.2, 0.25) is 5.91 Å². The molecule has 0 bridgehead atoms. The lowest BCUT2D eigenvalue weighted by Gasteiger charge is -2.34. The standard InChI is InChI=1S/C24H31FN4O4S/c1-13(15-6-8-16(9-7-15)19-14(2)27-12-34-19)28-21(30)18-10-17(25)11-29(18)22(31)20(24(3,4)5)33-23(26)32/h6-9,12-13,17-18,20H,10-11H2,1-5H3,(H2,26,32)(H,28,30)/t13-,17-,18-,20+/m0/s1. The number of primary amides is 1. The van der Waals surface area contributed by atoms with Gasteiger partial charge in [0.1, 0.15) is 12.2 Å². The van der Waals surface area contributed by atoms with Crippen LogP contribution in [0.5, 0.6) is 0 Å². The van der Waals surface area contributed by atoms with Crippen LogP contribution in [0.3, 0.4) is 0 Å². The molecule has 3 N–H and O–H groups in total. The van der Waals surface area contributed by atoms with Crippen molar-refractivity contribution in [3.63, 3.8) is 0 Å². The van der Waals surface area contributed by atoms with Crippen molar-refractivity contribution < 1.29 is 23.5 Å². The van der Waals surface area contributed by atoms with Crippen molar-refractivity contribution in [3.05, 3.63) is 41.0 Å². The Kier molecular flexibility index (Phi) is 7.60. The largest absolute Gasteiger partial charge is 0.436 e. The fourth-order valence-corrected chi connectivity index (χ4v) is 4.85. The number of amides is 3. The molecule has 1 fully saturated rings. The first-order valence-corrected chi connectivity index (χ1v) is 12.0. The van der Waals surface area contributed by atoms with Crippen molar-refractivity contribution in [2.45, 2.75) is 65.4 Å². The Morgan fingerprint density at radius 3 is 2.44 bits per heavy atom. The maximum absolute atomic E-state index is 14.3. The third-order valence-corrected chi connectivity index (χ3v) is 6.84. The summed E-state index contributed by atoms with van der Waals surface area (Å²) in [5.74, 6) is -1.10. The predicted molar refractivity (Wildman–Crippen MR) is 128 cm³/mol. The quantitative estimate of drug-likeness (QED) is 0.640. The number of rotatable bonds is 6. The maximum Gasteiger partial charge on any atom is 0.405 e. The van der Waals surface area contributed by atoms with E-state index in [0.29, 0.717) is 0 Å². The van der Waals surface area contributed by atoms with Gasteiger partial charge in [0.05, 0.1) is 28.7 Å². The lowest BCUT2D eigenvalue weighted by Crippen LogP contribution is -2.53. The minimum absolute atomic E-state index is 0.124. The van der Waals surface area contributed by atoms with Gasteiger partial charge in [0.25, 0.3) is 5.91 Å². The fraction of sp³-hybridized carbons (Fsp3) is 0.500. The van der Waals surface area contributed by atoms with E-state index < -0.39 is 41.6 Å². The molecule has 184 valence electrons. The van der Waals surface area contributed by atoms with Crippen LogP contribution in [0.1, 0.15) is 51.4 Å². The topological polar surface area (TPSA) is 115 Å². The summed E-state index contributed by atoms with van der Waals surface area (Å²) in [6.07, 6.45) is -3.81. The Bertz CT molecular complexity index is 1050. The number of hydrogen-bond donors (Lipinski definition) is 2. The van der Waals surface area contributed by atoms with Crippen LogP contribution in [0.2, 0.25) is 0 Å². The van der Waals surface area contributed by atoms with Gasteiger partial charge in [-0.3, -0.25) is 9.59 Å². The predicted octanol–water partition coefficient (Wildman–Crippen LogP) is 3.74. The van der Waals surface area contributed by atoms with E-state index in [-0.39, 0.29) is 19.0 Å². The van der Waals surface area contributed by atoms with Crippen molar-refractivity contribution in [1.82, 2.24) is 15.2 Å². The molecule has 8 nitrogen and oxygen atoms in total. The molecule has 3 amide bonds. The number of nitrogens with two attached hydrogens (primary N) is 1. The van der Waals surface area contributed by atoms with Crippen molar-refractivity contribution in [1.29, 1.82) is 0 Å². The van der Waals surface area contributed by atoms with E-state index in [4.69, 9.17) is 10.5 Å². The summed E-state index contributed by atoms with van der Waals surface area (Å²) in [5.41, 5.74) is 9.02. The van der Waals surface area contributed by atoms with Gasteiger partial charge in [0, 0.05) is 11.8 Å². The minimum atomic E-state index is -1.36. The molecule has 2 aromatic rings. The number of carbonyl (C=O) groups is 3. The van der Waals surface area contributed by atoms with Crippen LogP contribution in [-0.4, -0.2) is 52.7 Å². The van der Waals surface area contributed by atoms with Gasteiger partial charge in [-0.05, 0) is 25.0 Å². The maximum atomic E-state index is 14.3. The fourth-order valence-electron chi connectivity index (χ4n) is 4.04. The minimum Gasteiger partial charge on any atom is -0.436 e. The second-order valence-electron chi connectivity index (χ2n) is 9.64.